The molecular formula is C24H17Cl3Si. The van der Waals surface area contributed by atoms with Gasteiger partial charge in [0.25, 0.3) is 0 Å². The van der Waals surface area contributed by atoms with E-state index in [9.17, 15) is 0 Å². The van der Waals surface area contributed by atoms with Crippen molar-refractivity contribution in [3.05, 3.63) is 84.4 Å². The van der Waals surface area contributed by atoms with Crippen LogP contribution in [0.4, 0.5) is 0 Å². The van der Waals surface area contributed by atoms with Crippen molar-refractivity contribution in [2.24, 2.45) is 0 Å². The van der Waals surface area contributed by atoms with E-state index in [0.29, 0.717) is 6.04 Å². The second-order valence-electron chi connectivity index (χ2n) is 7.31. The van der Waals surface area contributed by atoms with Gasteiger partial charge >= 0.3 is 6.00 Å². The van der Waals surface area contributed by atoms with Gasteiger partial charge in [-0.3, -0.25) is 0 Å². The van der Waals surface area contributed by atoms with Gasteiger partial charge in [0, 0.05) is 0 Å². The summed E-state index contributed by atoms with van der Waals surface area (Å²) in [6.07, 6.45) is 0.771. The maximum absolute atomic E-state index is 6.25. The smallest absolute Gasteiger partial charge is 0.126 e. The van der Waals surface area contributed by atoms with Crippen molar-refractivity contribution in [1.29, 1.82) is 0 Å². The van der Waals surface area contributed by atoms with Crippen molar-refractivity contribution in [1.82, 2.24) is 0 Å². The SMILES string of the molecule is Cl[Si](Cl)(Cl)CCc1c2cc3ccccc3cc2cc2cc3ccccc3cc12. The number of aryl methyl sites for hydroxylation is 1. The predicted molar refractivity (Wildman–Crippen MR) is 128 cm³/mol. The molecule has 0 atom stereocenters. The molecule has 0 unspecified atom stereocenters. The van der Waals surface area contributed by atoms with E-state index in [-0.39, 0.29) is 0 Å². The number of hydrogen-bond acceptors (Lipinski definition) is 0. The Morgan fingerprint density at radius 2 is 0.929 bits per heavy atom. The van der Waals surface area contributed by atoms with Crippen molar-refractivity contribution in [2.75, 3.05) is 0 Å². The average Bonchev–Trinajstić information content (AvgIpc) is 2.67. The van der Waals surface area contributed by atoms with Gasteiger partial charge in [0.05, 0.1) is 0 Å². The summed E-state index contributed by atoms with van der Waals surface area (Å²) in [5.41, 5.74) is 1.28. The molecule has 0 fully saturated rings. The van der Waals surface area contributed by atoms with E-state index in [1.54, 1.807) is 0 Å². The van der Waals surface area contributed by atoms with Crippen LogP contribution in [0.2, 0.25) is 6.04 Å². The number of fused-ring (bicyclic) bond motifs is 4. The van der Waals surface area contributed by atoms with E-state index < -0.39 is 6.00 Å². The highest BCUT2D eigenvalue weighted by Crippen LogP contribution is 2.36. The maximum atomic E-state index is 6.25. The zero-order valence-electron chi connectivity index (χ0n) is 15.1. The summed E-state index contributed by atoms with van der Waals surface area (Å²) >= 11 is 18.7. The van der Waals surface area contributed by atoms with Crippen LogP contribution >= 0.6 is 33.2 Å². The van der Waals surface area contributed by atoms with Gasteiger partial charge in [-0.2, -0.15) is 0 Å². The minimum Gasteiger partial charge on any atom is -0.126 e. The third-order valence-electron chi connectivity index (χ3n) is 5.46. The standard InChI is InChI=1S/C24H17Cl3Si/c25-28(26,27)10-9-22-23-14-18-7-3-1-5-16(18)11-20(23)13-21-12-17-6-2-4-8-19(17)15-24(21)22/h1-8,11-15H,9-10H2. The largest absolute Gasteiger partial charge is 0.341 e. The number of halogens is 3. The second kappa shape index (κ2) is 6.93. The summed E-state index contributed by atoms with van der Waals surface area (Å²) in [5.74, 6) is 0. The molecule has 5 aromatic carbocycles. The van der Waals surface area contributed by atoms with Crippen molar-refractivity contribution in [3.8, 4) is 0 Å². The Labute approximate surface area is 178 Å². The molecule has 0 aliphatic heterocycles. The van der Waals surface area contributed by atoms with Gasteiger partial charge in [0.1, 0.15) is 0 Å². The van der Waals surface area contributed by atoms with Crippen LogP contribution in [-0.2, 0) is 6.42 Å². The Bertz CT molecular complexity index is 1260. The van der Waals surface area contributed by atoms with Gasteiger partial charge in [0.15, 0.2) is 0 Å². The molecule has 0 radical (unpaired) electrons. The topological polar surface area (TPSA) is 0 Å². The molecule has 138 valence electrons. The molecular weight excluding hydrogens is 423 g/mol. The van der Waals surface area contributed by atoms with Gasteiger partial charge in [-0.05, 0) is 91.4 Å². The average molecular weight is 440 g/mol. The van der Waals surface area contributed by atoms with Crippen LogP contribution in [0.5, 0.6) is 0 Å². The molecule has 0 aromatic heterocycles. The Balaban J connectivity index is 1.87. The second-order valence-corrected chi connectivity index (χ2v) is 16.6. The molecule has 0 saturated carbocycles. The summed E-state index contributed by atoms with van der Waals surface area (Å²) in [6, 6.07) is 26.3. The molecule has 0 N–H and O–H groups in total. The van der Waals surface area contributed by atoms with Crippen molar-refractivity contribution in [2.45, 2.75) is 12.5 Å². The van der Waals surface area contributed by atoms with Crippen LogP contribution in [-0.4, -0.2) is 6.00 Å². The molecule has 0 aliphatic carbocycles. The van der Waals surface area contributed by atoms with Gasteiger partial charge in [0.2, 0.25) is 0 Å². The highest BCUT2D eigenvalue weighted by molar-refractivity contribution is 7.64. The van der Waals surface area contributed by atoms with Crippen LogP contribution in [0.15, 0.2) is 78.9 Å². The lowest BCUT2D eigenvalue weighted by atomic mass is 9.91. The normalized spacial score (nSPS) is 12.4. The number of rotatable bonds is 3. The third-order valence-corrected chi connectivity index (χ3v) is 7.97. The molecule has 5 aromatic rings. The van der Waals surface area contributed by atoms with E-state index in [2.05, 4.69) is 78.9 Å². The van der Waals surface area contributed by atoms with E-state index >= 15 is 0 Å². The molecule has 0 amide bonds. The summed E-state index contributed by atoms with van der Waals surface area (Å²) in [6.45, 7) is 0. The Morgan fingerprint density at radius 3 is 1.36 bits per heavy atom. The minimum absolute atomic E-state index is 0.617. The summed E-state index contributed by atoms with van der Waals surface area (Å²) in [5, 5.41) is 9.96. The first-order valence-electron chi connectivity index (χ1n) is 9.32. The first-order chi connectivity index (χ1) is 13.5. The molecule has 5 rings (SSSR count). The Hall–Kier alpha value is -1.77. The maximum Gasteiger partial charge on any atom is 0.341 e. The zero-order valence-corrected chi connectivity index (χ0v) is 18.3. The van der Waals surface area contributed by atoms with Gasteiger partial charge in [-0.15, -0.1) is 33.2 Å². The highest BCUT2D eigenvalue weighted by Gasteiger charge is 2.25. The van der Waals surface area contributed by atoms with Crippen LogP contribution in [0.3, 0.4) is 0 Å². The minimum atomic E-state index is -2.71. The van der Waals surface area contributed by atoms with Crippen LogP contribution in [0.25, 0.3) is 43.1 Å². The van der Waals surface area contributed by atoms with Gasteiger partial charge in [-0.1, -0.05) is 48.5 Å². The van der Waals surface area contributed by atoms with Crippen molar-refractivity contribution in [3.63, 3.8) is 0 Å². The quantitative estimate of drug-likeness (QED) is 0.150. The molecule has 0 aliphatic rings. The fourth-order valence-electron chi connectivity index (χ4n) is 4.13. The summed E-state index contributed by atoms with van der Waals surface area (Å²) in [4.78, 5) is 0. The molecule has 0 heterocycles. The Morgan fingerprint density at radius 1 is 0.536 bits per heavy atom. The highest BCUT2D eigenvalue weighted by atomic mass is 35.8. The summed E-state index contributed by atoms with van der Waals surface area (Å²) in [7, 11) is 0. The first kappa shape index (κ1) is 18.3. The molecule has 4 heteroatoms. The summed E-state index contributed by atoms with van der Waals surface area (Å²) < 4.78 is 0. The molecule has 0 spiro atoms. The van der Waals surface area contributed by atoms with Crippen LogP contribution in [0, 0.1) is 0 Å². The molecule has 28 heavy (non-hydrogen) atoms. The van der Waals surface area contributed by atoms with Crippen LogP contribution < -0.4 is 0 Å². The van der Waals surface area contributed by atoms with E-state index in [4.69, 9.17) is 33.2 Å². The fourth-order valence-corrected chi connectivity index (χ4v) is 5.51. The van der Waals surface area contributed by atoms with E-state index in [1.807, 2.05) is 0 Å². The fraction of sp³-hybridized carbons (Fsp3) is 0.0833. The van der Waals surface area contributed by atoms with Gasteiger partial charge < -0.3 is 0 Å². The lowest BCUT2D eigenvalue weighted by Gasteiger charge is -2.15. The lowest BCUT2D eigenvalue weighted by molar-refractivity contribution is 1.16. The molecule has 0 nitrogen and oxygen atoms in total. The Kier molecular flexibility index (Phi) is 4.52. The molecule has 0 bridgehead atoms. The first-order valence-corrected chi connectivity index (χ1v) is 14.6. The third kappa shape index (κ3) is 3.38. The van der Waals surface area contributed by atoms with Crippen molar-refractivity contribution >= 4 is 82.3 Å². The molecule has 0 saturated heterocycles. The monoisotopic (exact) mass is 438 g/mol. The van der Waals surface area contributed by atoms with Crippen LogP contribution in [0.1, 0.15) is 5.56 Å². The van der Waals surface area contributed by atoms with Crippen molar-refractivity contribution < 1.29 is 0 Å². The lowest BCUT2D eigenvalue weighted by Crippen LogP contribution is -2.10. The number of hydrogen-bond donors (Lipinski definition) is 0. The predicted octanol–water partition coefficient (Wildman–Crippen LogP) is 8.50. The number of benzene rings is 5. The van der Waals surface area contributed by atoms with Gasteiger partial charge in [-0.25, -0.2) is 0 Å². The zero-order chi connectivity index (χ0) is 19.3. The van der Waals surface area contributed by atoms with E-state index in [0.717, 1.165) is 6.42 Å². The van der Waals surface area contributed by atoms with E-state index in [1.165, 1.54) is 48.7 Å².